The van der Waals surface area contributed by atoms with E-state index in [9.17, 15) is 13.9 Å². The molecule has 0 spiro atoms. The van der Waals surface area contributed by atoms with Crippen LogP contribution in [0, 0.1) is 11.6 Å². The fourth-order valence-electron chi connectivity index (χ4n) is 3.34. The first-order chi connectivity index (χ1) is 11.6. The fraction of sp³-hybridized carbons (Fsp3) is 0.278. The smallest absolute Gasteiger partial charge is 0.123 e. The Labute approximate surface area is 137 Å². The minimum atomic E-state index is -0.608. The molecular formula is C18H17F2N3O. The second kappa shape index (κ2) is 5.87. The fourth-order valence-corrected chi connectivity index (χ4v) is 3.34. The van der Waals surface area contributed by atoms with E-state index in [1.165, 1.54) is 24.3 Å². The molecule has 1 aromatic heterocycles. The Morgan fingerprint density at radius 3 is 2.17 bits per heavy atom. The van der Waals surface area contributed by atoms with E-state index < -0.39 is 6.10 Å². The van der Waals surface area contributed by atoms with Crippen LogP contribution in [-0.2, 0) is 6.54 Å². The quantitative estimate of drug-likeness (QED) is 0.800. The van der Waals surface area contributed by atoms with Crippen molar-refractivity contribution >= 4 is 28.1 Å². The van der Waals surface area contributed by atoms with Crippen molar-refractivity contribution < 1.29 is 13.9 Å². The van der Waals surface area contributed by atoms with E-state index in [1.54, 1.807) is 18.5 Å². The minimum Gasteiger partial charge on any atom is -0.389 e. The maximum absolute atomic E-state index is 13.6. The highest BCUT2D eigenvalue weighted by Gasteiger charge is 2.17. The topological polar surface area (TPSA) is 40.8 Å². The van der Waals surface area contributed by atoms with E-state index >= 15 is 0 Å². The van der Waals surface area contributed by atoms with Crippen molar-refractivity contribution in [2.75, 3.05) is 19.6 Å². The first kappa shape index (κ1) is 15.1. The van der Waals surface area contributed by atoms with Crippen molar-refractivity contribution in [1.29, 1.82) is 0 Å². The average Bonchev–Trinajstić information content (AvgIpc) is 3.15. The second-order valence-corrected chi connectivity index (χ2v) is 6.10. The van der Waals surface area contributed by atoms with Crippen molar-refractivity contribution in [2.45, 2.75) is 12.6 Å². The molecule has 6 heteroatoms. The maximum atomic E-state index is 13.6. The van der Waals surface area contributed by atoms with E-state index in [4.69, 9.17) is 0 Å². The molecule has 1 unspecified atom stereocenters. The molecule has 4 nitrogen and oxygen atoms in total. The van der Waals surface area contributed by atoms with Gasteiger partial charge in [-0.2, -0.15) is 0 Å². The molecule has 1 atom stereocenters. The molecule has 1 N–H and O–H groups in total. The van der Waals surface area contributed by atoms with Gasteiger partial charge in [-0.3, -0.25) is 4.99 Å². The van der Waals surface area contributed by atoms with Gasteiger partial charge in [0.05, 0.1) is 25.5 Å². The molecule has 24 heavy (non-hydrogen) atoms. The Bertz CT molecular complexity index is 876. The van der Waals surface area contributed by atoms with Crippen LogP contribution in [0.1, 0.15) is 0 Å². The number of aliphatic hydroxyl groups is 1. The lowest BCUT2D eigenvalue weighted by molar-refractivity contribution is 0.131. The molecule has 4 rings (SSSR count). The monoisotopic (exact) mass is 329 g/mol. The summed E-state index contributed by atoms with van der Waals surface area (Å²) in [6, 6.07) is 8.93. The Kier molecular flexibility index (Phi) is 3.69. The highest BCUT2D eigenvalue weighted by molar-refractivity contribution is 6.08. The van der Waals surface area contributed by atoms with E-state index in [0.29, 0.717) is 23.9 Å². The summed E-state index contributed by atoms with van der Waals surface area (Å²) in [6.45, 7) is 2.38. The summed E-state index contributed by atoms with van der Waals surface area (Å²) in [7, 11) is 0. The third kappa shape index (κ3) is 2.63. The van der Waals surface area contributed by atoms with Crippen molar-refractivity contribution in [1.82, 2.24) is 9.47 Å². The number of aliphatic hydroxyl groups excluding tert-OH is 1. The van der Waals surface area contributed by atoms with Crippen molar-refractivity contribution in [3.63, 3.8) is 0 Å². The molecule has 1 aliphatic heterocycles. The predicted molar refractivity (Wildman–Crippen MR) is 90.3 cm³/mol. The van der Waals surface area contributed by atoms with Gasteiger partial charge in [0.15, 0.2) is 0 Å². The molecule has 2 aromatic carbocycles. The van der Waals surface area contributed by atoms with Gasteiger partial charge in [-0.15, -0.1) is 0 Å². The van der Waals surface area contributed by atoms with Crippen molar-refractivity contribution in [3.8, 4) is 0 Å². The number of aromatic nitrogens is 1. The highest BCUT2D eigenvalue weighted by atomic mass is 19.1. The summed E-state index contributed by atoms with van der Waals surface area (Å²) >= 11 is 0. The zero-order valence-electron chi connectivity index (χ0n) is 13.0. The van der Waals surface area contributed by atoms with Crippen LogP contribution >= 0.6 is 0 Å². The first-order valence-electron chi connectivity index (χ1n) is 7.91. The highest BCUT2D eigenvalue weighted by Crippen LogP contribution is 2.30. The molecule has 0 amide bonds. The largest absolute Gasteiger partial charge is 0.389 e. The van der Waals surface area contributed by atoms with Crippen LogP contribution in [0.3, 0.4) is 0 Å². The van der Waals surface area contributed by atoms with E-state index in [0.717, 1.165) is 24.1 Å². The molecule has 0 fully saturated rings. The Morgan fingerprint density at radius 1 is 1.00 bits per heavy atom. The summed E-state index contributed by atoms with van der Waals surface area (Å²) < 4.78 is 29.2. The van der Waals surface area contributed by atoms with Gasteiger partial charge in [-0.05, 0) is 36.4 Å². The van der Waals surface area contributed by atoms with Crippen molar-refractivity contribution in [2.24, 2.45) is 4.99 Å². The van der Waals surface area contributed by atoms with E-state index in [2.05, 4.69) is 4.99 Å². The van der Waals surface area contributed by atoms with Crippen LogP contribution in [0.15, 0.2) is 41.4 Å². The Hall–Kier alpha value is -2.47. The van der Waals surface area contributed by atoms with Crippen LogP contribution in [0.4, 0.5) is 8.78 Å². The van der Waals surface area contributed by atoms with Gasteiger partial charge in [0.2, 0.25) is 0 Å². The Balaban J connectivity index is 1.76. The summed E-state index contributed by atoms with van der Waals surface area (Å²) in [5.41, 5.74) is 1.57. The van der Waals surface area contributed by atoms with Crippen LogP contribution in [0.2, 0.25) is 0 Å². The van der Waals surface area contributed by atoms with Crippen molar-refractivity contribution in [3.05, 3.63) is 48.0 Å². The zero-order valence-corrected chi connectivity index (χ0v) is 13.0. The van der Waals surface area contributed by atoms with Gasteiger partial charge in [0, 0.05) is 34.9 Å². The molecule has 124 valence electrons. The first-order valence-corrected chi connectivity index (χ1v) is 7.91. The number of hydrogen-bond donors (Lipinski definition) is 1. The molecule has 0 aliphatic carbocycles. The van der Waals surface area contributed by atoms with Crippen LogP contribution in [0.5, 0.6) is 0 Å². The number of aliphatic imine (C=N–C) groups is 1. The van der Waals surface area contributed by atoms with Gasteiger partial charge < -0.3 is 14.6 Å². The summed E-state index contributed by atoms with van der Waals surface area (Å²) in [4.78, 5) is 6.10. The van der Waals surface area contributed by atoms with E-state index in [-0.39, 0.29) is 11.6 Å². The molecule has 0 bridgehead atoms. The van der Waals surface area contributed by atoms with Gasteiger partial charge in [0.25, 0.3) is 0 Å². The second-order valence-electron chi connectivity index (χ2n) is 6.10. The number of β-amino-alcohol motifs (C(OH)–C–C–N with tert-alkyl or cyclic N) is 1. The summed E-state index contributed by atoms with van der Waals surface area (Å²) in [5.74, 6) is -0.723. The van der Waals surface area contributed by atoms with Crippen LogP contribution in [0.25, 0.3) is 21.8 Å². The number of nitrogens with zero attached hydrogens (tertiary/aromatic N) is 3. The zero-order chi connectivity index (χ0) is 16.7. The third-order valence-electron chi connectivity index (χ3n) is 4.39. The molecule has 2 heterocycles. The number of rotatable bonds is 4. The molecule has 0 radical (unpaired) electrons. The number of fused-ring (bicyclic) bond motifs is 3. The molecule has 0 saturated carbocycles. The van der Waals surface area contributed by atoms with Gasteiger partial charge >= 0.3 is 0 Å². The SMILES string of the molecule is OC(CN1C=NCC1)Cn1c2ccc(F)cc2c2cc(F)ccc21. The van der Waals surface area contributed by atoms with Gasteiger partial charge in [-0.25, -0.2) is 8.78 Å². The van der Waals surface area contributed by atoms with Gasteiger partial charge in [0.1, 0.15) is 11.6 Å². The number of hydrogen-bond acceptors (Lipinski definition) is 3. The standard InChI is InChI=1S/C18H17F2N3O/c19-12-1-3-17-15(7-12)16-8-13(20)2-4-18(16)23(17)10-14(24)9-22-6-5-21-11-22/h1-4,7-8,11,14,24H,5-6,9-10H2. The predicted octanol–water partition coefficient (Wildman–Crippen LogP) is 2.78. The number of benzene rings is 2. The normalized spacial score (nSPS) is 15.7. The third-order valence-corrected chi connectivity index (χ3v) is 4.39. The maximum Gasteiger partial charge on any atom is 0.123 e. The lowest BCUT2D eigenvalue weighted by Crippen LogP contribution is -2.32. The minimum absolute atomic E-state index is 0.349. The number of halogens is 2. The molecular weight excluding hydrogens is 312 g/mol. The lowest BCUT2D eigenvalue weighted by atomic mass is 10.1. The summed E-state index contributed by atoms with van der Waals surface area (Å²) in [6.07, 6.45) is 1.14. The molecule has 0 saturated heterocycles. The van der Waals surface area contributed by atoms with Gasteiger partial charge in [-0.1, -0.05) is 0 Å². The Morgan fingerprint density at radius 2 is 1.62 bits per heavy atom. The van der Waals surface area contributed by atoms with E-state index in [1.807, 2.05) is 9.47 Å². The summed E-state index contributed by atoms with van der Waals surface area (Å²) in [5, 5.41) is 11.7. The average molecular weight is 329 g/mol. The van der Waals surface area contributed by atoms with Crippen LogP contribution in [-0.4, -0.2) is 46.7 Å². The lowest BCUT2D eigenvalue weighted by Gasteiger charge is -2.20. The van der Waals surface area contributed by atoms with Crippen LogP contribution < -0.4 is 0 Å². The molecule has 3 aromatic rings. The molecule has 1 aliphatic rings.